The predicted octanol–water partition coefficient (Wildman–Crippen LogP) is 1.24. The molecule has 0 saturated carbocycles. The third-order valence-electron chi connectivity index (χ3n) is 2.12. The van der Waals surface area contributed by atoms with Crippen LogP contribution in [-0.4, -0.2) is 23.9 Å². The number of hydrogen-bond acceptors (Lipinski definition) is 3. The van der Waals surface area contributed by atoms with Crippen molar-refractivity contribution in [2.45, 2.75) is 6.42 Å². The minimum absolute atomic E-state index is 0.0128. The number of amides is 1. The summed E-state index contributed by atoms with van der Waals surface area (Å²) in [6.45, 7) is -0.274. The molecule has 0 N–H and O–H groups in total. The minimum Gasteiger partial charge on any atom is -0.316 e. The Hall–Kier alpha value is -2.40. The van der Waals surface area contributed by atoms with E-state index < -0.39 is 5.82 Å². The molecule has 0 fully saturated rings. The van der Waals surface area contributed by atoms with E-state index in [-0.39, 0.29) is 25.4 Å². The van der Waals surface area contributed by atoms with E-state index in [0.717, 1.165) is 4.90 Å². The third-order valence-corrected chi connectivity index (χ3v) is 2.12. The summed E-state index contributed by atoms with van der Waals surface area (Å²) >= 11 is 0. The third kappa shape index (κ3) is 3.92. The van der Waals surface area contributed by atoms with Crippen molar-refractivity contribution in [2.24, 2.45) is 0 Å². The minimum atomic E-state index is -0.414. The molecule has 0 atom stereocenters. The fourth-order valence-corrected chi connectivity index (χ4v) is 1.34. The van der Waals surface area contributed by atoms with E-state index in [2.05, 4.69) is 0 Å². The van der Waals surface area contributed by atoms with Gasteiger partial charge in [-0.2, -0.15) is 10.5 Å². The molecule has 1 rings (SSSR count). The van der Waals surface area contributed by atoms with Gasteiger partial charge in [0.1, 0.15) is 18.9 Å². The largest absolute Gasteiger partial charge is 0.316 e. The van der Waals surface area contributed by atoms with Crippen molar-refractivity contribution < 1.29 is 9.18 Å². The van der Waals surface area contributed by atoms with Crippen LogP contribution in [0.2, 0.25) is 0 Å². The fraction of sp³-hybridized carbons (Fsp3) is 0.250. The number of carbonyl (C=O) groups excluding carboxylic acids is 1. The van der Waals surface area contributed by atoms with Crippen molar-refractivity contribution in [3.63, 3.8) is 0 Å². The number of halogens is 1. The maximum atomic E-state index is 12.9. The number of carbonyl (C=O) groups is 1. The van der Waals surface area contributed by atoms with Crippen molar-refractivity contribution in [2.75, 3.05) is 13.1 Å². The Balaban J connectivity index is 2.71. The maximum absolute atomic E-state index is 12.9. The summed E-state index contributed by atoms with van der Waals surface area (Å²) in [6, 6.07) is 9.30. The Morgan fingerprint density at radius 1 is 1.29 bits per heavy atom. The zero-order valence-corrected chi connectivity index (χ0v) is 9.06. The molecule has 17 heavy (non-hydrogen) atoms. The molecule has 1 aromatic rings. The van der Waals surface area contributed by atoms with Gasteiger partial charge in [-0.25, -0.2) is 4.39 Å². The van der Waals surface area contributed by atoms with Crippen LogP contribution < -0.4 is 0 Å². The van der Waals surface area contributed by atoms with Crippen LogP contribution in [0.3, 0.4) is 0 Å². The lowest BCUT2D eigenvalue weighted by molar-refractivity contribution is -0.129. The first-order valence-electron chi connectivity index (χ1n) is 4.93. The lowest BCUT2D eigenvalue weighted by atomic mass is 10.1. The Morgan fingerprint density at radius 2 is 1.94 bits per heavy atom. The Morgan fingerprint density at radius 3 is 2.47 bits per heavy atom. The van der Waals surface area contributed by atoms with Crippen LogP contribution >= 0.6 is 0 Å². The number of hydrogen-bond donors (Lipinski definition) is 0. The summed E-state index contributed by atoms with van der Waals surface area (Å²) in [5, 5.41) is 17.0. The van der Waals surface area contributed by atoms with E-state index in [9.17, 15) is 9.18 Å². The zero-order valence-electron chi connectivity index (χ0n) is 9.06. The van der Waals surface area contributed by atoms with Crippen LogP contribution in [-0.2, 0) is 11.2 Å². The second-order valence-corrected chi connectivity index (χ2v) is 3.37. The zero-order chi connectivity index (χ0) is 12.7. The van der Waals surface area contributed by atoms with Gasteiger partial charge in [0.2, 0.25) is 5.91 Å². The van der Waals surface area contributed by atoms with E-state index in [1.54, 1.807) is 6.07 Å². The van der Waals surface area contributed by atoms with Gasteiger partial charge < -0.3 is 4.90 Å². The first kappa shape index (κ1) is 12.7. The van der Waals surface area contributed by atoms with Crippen molar-refractivity contribution in [1.29, 1.82) is 10.5 Å². The van der Waals surface area contributed by atoms with Crippen molar-refractivity contribution in [1.82, 2.24) is 4.90 Å². The lowest BCUT2D eigenvalue weighted by Crippen LogP contribution is -2.33. The van der Waals surface area contributed by atoms with Crippen LogP contribution in [0.15, 0.2) is 24.3 Å². The van der Waals surface area contributed by atoms with Gasteiger partial charge in [-0.3, -0.25) is 4.79 Å². The summed E-state index contributed by atoms with van der Waals surface area (Å²) in [6.07, 6.45) is -0.0128. The Labute approximate surface area is 98.5 Å². The van der Waals surface area contributed by atoms with E-state index in [1.165, 1.54) is 18.2 Å². The van der Waals surface area contributed by atoms with E-state index in [1.807, 2.05) is 12.1 Å². The second kappa shape index (κ2) is 6.24. The normalized spacial score (nSPS) is 9.12. The maximum Gasteiger partial charge on any atom is 0.228 e. The van der Waals surface area contributed by atoms with Crippen molar-refractivity contribution in [3.8, 4) is 12.1 Å². The first-order valence-corrected chi connectivity index (χ1v) is 4.93. The van der Waals surface area contributed by atoms with E-state index >= 15 is 0 Å². The molecular weight excluding hydrogens is 221 g/mol. The van der Waals surface area contributed by atoms with E-state index in [4.69, 9.17) is 10.5 Å². The summed E-state index contributed by atoms with van der Waals surface area (Å²) in [7, 11) is 0. The lowest BCUT2D eigenvalue weighted by Gasteiger charge is -2.15. The van der Waals surface area contributed by atoms with Crippen LogP contribution in [0.1, 0.15) is 5.56 Å². The average Bonchev–Trinajstić information content (AvgIpc) is 2.28. The number of nitrogens with zero attached hydrogens (tertiary/aromatic N) is 3. The second-order valence-electron chi connectivity index (χ2n) is 3.37. The molecule has 1 amide bonds. The number of benzene rings is 1. The van der Waals surface area contributed by atoms with Gasteiger partial charge in [-0.05, 0) is 17.7 Å². The van der Waals surface area contributed by atoms with Crippen LogP contribution in [0.4, 0.5) is 4.39 Å². The number of rotatable bonds is 4. The molecule has 0 saturated heterocycles. The Kier molecular flexibility index (Phi) is 4.65. The van der Waals surface area contributed by atoms with Crippen molar-refractivity contribution >= 4 is 5.91 Å². The summed E-state index contributed by atoms with van der Waals surface area (Å²) in [4.78, 5) is 12.8. The highest BCUT2D eigenvalue weighted by molar-refractivity contribution is 5.79. The highest BCUT2D eigenvalue weighted by Crippen LogP contribution is 2.06. The smallest absolute Gasteiger partial charge is 0.228 e. The summed E-state index contributed by atoms with van der Waals surface area (Å²) in [5.41, 5.74) is 0.524. The molecule has 0 radical (unpaired) electrons. The monoisotopic (exact) mass is 231 g/mol. The molecule has 0 aliphatic carbocycles. The first-order chi connectivity index (χ1) is 8.17. The number of nitriles is 2. The standard InChI is InChI=1S/C12H10FN3O/c13-11-3-1-2-10(8-11)9-12(17)16(6-4-14)7-5-15/h1-3,8H,6-7,9H2. The topological polar surface area (TPSA) is 67.9 Å². The molecule has 0 unspecified atom stereocenters. The van der Waals surface area contributed by atoms with Gasteiger partial charge in [-0.15, -0.1) is 0 Å². The molecule has 4 nitrogen and oxygen atoms in total. The SMILES string of the molecule is N#CCN(CC#N)C(=O)Cc1cccc(F)c1. The van der Waals surface area contributed by atoms with Crippen LogP contribution in [0, 0.1) is 28.5 Å². The predicted molar refractivity (Wildman–Crippen MR) is 57.9 cm³/mol. The van der Waals surface area contributed by atoms with Gasteiger partial charge in [-0.1, -0.05) is 12.1 Å². The average molecular weight is 231 g/mol. The molecule has 0 bridgehead atoms. The molecule has 0 aliphatic rings. The summed E-state index contributed by atoms with van der Waals surface area (Å²) in [5.74, 6) is -0.777. The molecule has 86 valence electrons. The van der Waals surface area contributed by atoms with Crippen LogP contribution in [0.5, 0.6) is 0 Å². The quantitative estimate of drug-likeness (QED) is 0.732. The summed E-state index contributed by atoms with van der Waals surface area (Å²) < 4.78 is 12.9. The fourth-order valence-electron chi connectivity index (χ4n) is 1.34. The van der Waals surface area contributed by atoms with Gasteiger partial charge in [0.25, 0.3) is 0 Å². The molecule has 0 aliphatic heterocycles. The van der Waals surface area contributed by atoms with Gasteiger partial charge in [0.15, 0.2) is 0 Å². The highest BCUT2D eigenvalue weighted by atomic mass is 19.1. The van der Waals surface area contributed by atoms with Gasteiger partial charge >= 0.3 is 0 Å². The molecule has 5 heteroatoms. The molecule has 0 spiro atoms. The highest BCUT2D eigenvalue weighted by Gasteiger charge is 2.13. The van der Waals surface area contributed by atoms with Crippen LogP contribution in [0.25, 0.3) is 0 Å². The molecule has 0 aromatic heterocycles. The van der Waals surface area contributed by atoms with Crippen molar-refractivity contribution in [3.05, 3.63) is 35.6 Å². The Bertz CT molecular complexity index is 471. The van der Waals surface area contributed by atoms with E-state index in [0.29, 0.717) is 5.56 Å². The molecule has 0 heterocycles. The molecular formula is C12H10FN3O. The van der Waals surface area contributed by atoms with Gasteiger partial charge in [0.05, 0.1) is 18.6 Å². The molecule has 1 aromatic carbocycles. The van der Waals surface area contributed by atoms with Gasteiger partial charge in [0, 0.05) is 0 Å².